The monoisotopic (exact) mass is 464 g/mol. The fourth-order valence-electron chi connectivity index (χ4n) is 2.35. The van der Waals surface area contributed by atoms with E-state index in [2.05, 4.69) is 15.9 Å². The molecule has 0 aliphatic heterocycles. The molecular formula is C18H7BrF6O3. The summed E-state index contributed by atoms with van der Waals surface area (Å²) in [6.07, 6.45) is -4.61. The lowest BCUT2D eigenvalue weighted by Crippen LogP contribution is -2.07. The van der Waals surface area contributed by atoms with Crippen molar-refractivity contribution in [3.63, 3.8) is 0 Å². The number of carbonyl (C=O) groups is 1. The quantitative estimate of drug-likeness (QED) is 0.316. The number of hydrogen-bond acceptors (Lipinski definition) is 3. The Morgan fingerprint density at radius 3 is 2.14 bits per heavy atom. The van der Waals surface area contributed by atoms with E-state index in [1.54, 1.807) is 0 Å². The lowest BCUT2D eigenvalue weighted by atomic mass is 10.1. The van der Waals surface area contributed by atoms with Crippen molar-refractivity contribution in [2.75, 3.05) is 0 Å². The van der Waals surface area contributed by atoms with Crippen LogP contribution in [0.1, 0.15) is 16.1 Å². The number of rotatable bonds is 4. The molecule has 146 valence electrons. The number of alkyl halides is 3. The largest absolute Gasteiger partial charge is 0.453 e. The Bertz CT molecular complexity index is 1030. The van der Waals surface area contributed by atoms with Gasteiger partial charge in [0.05, 0.1) is 11.1 Å². The van der Waals surface area contributed by atoms with Gasteiger partial charge in [-0.1, -0.05) is 15.9 Å². The number of ether oxygens (including phenoxy) is 1. The second-order valence-corrected chi connectivity index (χ2v) is 6.37. The predicted octanol–water partition coefficient (Wildman–Crippen LogP) is 6.75. The Labute approximate surface area is 161 Å². The molecule has 3 nitrogen and oxygen atoms in total. The van der Waals surface area contributed by atoms with E-state index in [9.17, 15) is 31.1 Å². The van der Waals surface area contributed by atoms with E-state index in [1.165, 1.54) is 12.1 Å². The van der Waals surface area contributed by atoms with Crippen molar-refractivity contribution in [1.82, 2.24) is 0 Å². The summed E-state index contributed by atoms with van der Waals surface area (Å²) in [6, 6.07) is 4.71. The van der Waals surface area contributed by atoms with E-state index in [0.29, 0.717) is 6.29 Å². The maximum atomic E-state index is 14.4. The molecule has 0 amide bonds. The summed E-state index contributed by atoms with van der Waals surface area (Å²) in [5.74, 6) is -6.13. The summed E-state index contributed by atoms with van der Waals surface area (Å²) < 4.78 is 90.9. The SMILES string of the molecule is O=Cc1ccc(-c2c(F)cc(Br)cc2Oc2c(F)cc(C(F)(F)F)cc2F)o1. The molecule has 3 rings (SSSR count). The molecule has 1 heterocycles. The van der Waals surface area contributed by atoms with Gasteiger partial charge >= 0.3 is 6.18 Å². The summed E-state index contributed by atoms with van der Waals surface area (Å²) in [4.78, 5) is 10.8. The summed E-state index contributed by atoms with van der Waals surface area (Å²) in [6.45, 7) is 0. The van der Waals surface area contributed by atoms with Crippen LogP contribution in [-0.4, -0.2) is 6.29 Å². The maximum absolute atomic E-state index is 14.4. The number of benzene rings is 2. The summed E-state index contributed by atoms with van der Waals surface area (Å²) in [7, 11) is 0. The third-order valence-electron chi connectivity index (χ3n) is 3.55. The molecule has 0 fully saturated rings. The van der Waals surface area contributed by atoms with Crippen molar-refractivity contribution in [3.05, 3.63) is 69.6 Å². The Hall–Kier alpha value is -2.75. The van der Waals surface area contributed by atoms with Crippen LogP contribution in [0.2, 0.25) is 0 Å². The van der Waals surface area contributed by atoms with Crippen LogP contribution in [0, 0.1) is 17.5 Å². The van der Waals surface area contributed by atoms with E-state index in [0.717, 1.165) is 12.1 Å². The van der Waals surface area contributed by atoms with Crippen LogP contribution in [0.4, 0.5) is 26.3 Å². The summed E-state index contributed by atoms with van der Waals surface area (Å²) in [5.41, 5.74) is -1.92. The normalized spacial score (nSPS) is 11.5. The molecule has 28 heavy (non-hydrogen) atoms. The van der Waals surface area contributed by atoms with Crippen molar-refractivity contribution in [3.8, 4) is 22.8 Å². The Balaban J connectivity index is 2.12. The molecule has 0 saturated carbocycles. The molecule has 0 unspecified atom stereocenters. The van der Waals surface area contributed by atoms with Gasteiger partial charge in [0.1, 0.15) is 17.3 Å². The van der Waals surface area contributed by atoms with Crippen molar-refractivity contribution >= 4 is 22.2 Å². The standard InChI is InChI=1S/C18H7BrF6O3/c19-9-5-11(20)16(14-2-1-10(7-26)27-14)15(6-9)28-17-12(21)3-8(4-13(17)22)18(23,24)25/h1-7H. The van der Waals surface area contributed by atoms with Crippen LogP contribution in [0.25, 0.3) is 11.3 Å². The maximum Gasteiger partial charge on any atom is 0.416 e. The predicted molar refractivity (Wildman–Crippen MR) is 88.6 cm³/mol. The second-order valence-electron chi connectivity index (χ2n) is 5.45. The number of aldehydes is 1. The number of furan rings is 1. The third-order valence-corrected chi connectivity index (χ3v) is 4.00. The molecule has 0 N–H and O–H groups in total. The van der Waals surface area contributed by atoms with Gasteiger partial charge in [-0.3, -0.25) is 4.79 Å². The molecule has 2 aromatic carbocycles. The van der Waals surface area contributed by atoms with Crippen molar-refractivity contribution in [1.29, 1.82) is 0 Å². The molecule has 0 aliphatic rings. The first-order valence-corrected chi connectivity index (χ1v) is 8.18. The van der Waals surface area contributed by atoms with Gasteiger partial charge in [-0.25, -0.2) is 13.2 Å². The third kappa shape index (κ3) is 3.91. The van der Waals surface area contributed by atoms with Gasteiger partial charge in [-0.05, 0) is 36.4 Å². The lowest BCUT2D eigenvalue weighted by molar-refractivity contribution is -0.138. The van der Waals surface area contributed by atoms with Gasteiger partial charge in [-0.2, -0.15) is 13.2 Å². The van der Waals surface area contributed by atoms with Crippen LogP contribution in [-0.2, 0) is 6.18 Å². The lowest BCUT2D eigenvalue weighted by Gasteiger charge is -2.14. The average Bonchev–Trinajstić information content (AvgIpc) is 3.05. The van der Waals surface area contributed by atoms with E-state index in [-0.39, 0.29) is 33.7 Å². The minimum atomic E-state index is -4.97. The number of halogens is 7. The molecule has 1 aromatic heterocycles. The van der Waals surface area contributed by atoms with E-state index in [1.807, 2.05) is 0 Å². The zero-order valence-electron chi connectivity index (χ0n) is 13.4. The second kappa shape index (κ2) is 7.34. The first kappa shape index (κ1) is 20.0. The molecule has 0 aliphatic carbocycles. The van der Waals surface area contributed by atoms with Crippen molar-refractivity contribution < 1.29 is 40.3 Å². The Morgan fingerprint density at radius 1 is 0.964 bits per heavy atom. The first-order chi connectivity index (χ1) is 13.1. The number of carbonyl (C=O) groups excluding carboxylic acids is 1. The minimum absolute atomic E-state index is 0.0593. The highest BCUT2D eigenvalue weighted by Gasteiger charge is 2.33. The van der Waals surface area contributed by atoms with Crippen LogP contribution in [0.3, 0.4) is 0 Å². The zero-order valence-corrected chi connectivity index (χ0v) is 15.0. The highest BCUT2D eigenvalue weighted by molar-refractivity contribution is 9.10. The zero-order chi connectivity index (χ0) is 20.6. The molecule has 0 spiro atoms. The summed E-state index contributed by atoms with van der Waals surface area (Å²) >= 11 is 2.98. The Kier molecular flexibility index (Phi) is 5.24. The summed E-state index contributed by atoms with van der Waals surface area (Å²) in [5, 5.41) is 0. The minimum Gasteiger partial charge on any atom is -0.453 e. The highest BCUT2D eigenvalue weighted by atomic mass is 79.9. The fraction of sp³-hybridized carbons (Fsp3) is 0.0556. The first-order valence-electron chi connectivity index (χ1n) is 7.38. The molecule has 3 aromatic rings. The number of hydrogen-bond donors (Lipinski definition) is 0. The average molecular weight is 465 g/mol. The van der Waals surface area contributed by atoms with Gasteiger partial charge in [0, 0.05) is 4.47 Å². The smallest absolute Gasteiger partial charge is 0.416 e. The Morgan fingerprint density at radius 2 is 1.61 bits per heavy atom. The van der Waals surface area contributed by atoms with E-state index < -0.39 is 40.7 Å². The van der Waals surface area contributed by atoms with Gasteiger partial charge in [0.25, 0.3) is 0 Å². The molecule has 0 radical (unpaired) electrons. The fourth-order valence-corrected chi connectivity index (χ4v) is 2.76. The topological polar surface area (TPSA) is 39.4 Å². The molecule has 10 heteroatoms. The van der Waals surface area contributed by atoms with Gasteiger partial charge < -0.3 is 9.15 Å². The van der Waals surface area contributed by atoms with Crippen LogP contribution < -0.4 is 4.74 Å². The van der Waals surface area contributed by atoms with Gasteiger partial charge in [0.15, 0.2) is 29.4 Å². The van der Waals surface area contributed by atoms with Crippen LogP contribution in [0.5, 0.6) is 11.5 Å². The van der Waals surface area contributed by atoms with Crippen LogP contribution >= 0.6 is 15.9 Å². The molecule has 0 saturated heterocycles. The van der Waals surface area contributed by atoms with E-state index in [4.69, 9.17) is 9.15 Å². The molecule has 0 bridgehead atoms. The van der Waals surface area contributed by atoms with E-state index >= 15 is 0 Å². The molecule has 0 atom stereocenters. The van der Waals surface area contributed by atoms with Crippen molar-refractivity contribution in [2.24, 2.45) is 0 Å². The van der Waals surface area contributed by atoms with Crippen LogP contribution in [0.15, 0.2) is 45.3 Å². The molecular weight excluding hydrogens is 458 g/mol. The van der Waals surface area contributed by atoms with Gasteiger partial charge in [0.2, 0.25) is 0 Å². The highest BCUT2D eigenvalue weighted by Crippen LogP contribution is 2.41. The van der Waals surface area contributed by atoms with Crippen molar-refractivity contribution in [2.45, 2.75) is 6.18 Å². The van der Waals surface area contributed by atoms with Gasteiger partial charge in [-0.15, -0.1) is 0 Å².